The Morgan fingerprint density at radius 1 is 1.03 bits per heavy atom. The molecule has 1 saturated carbocycles. The number of aromatic nitrogens is 1. The molecule has 1 aliphatic heterocycles. The molecule has 1 amide bonds. The van der Waals surface area contributed by atoms with Crippen LogP contribution in [0.25, 0.3) is 17.0 Å². The lowest BCUT2D eigenvalue weighted by atomic mass is 9.64. The number of carbonyl (C=O) groups excluding carboxylic acids is 1. The average Bonchev–Trinajstić information content (AvgIpc) is 3.33. The molecular formula is C33H33F2N3O. The van der Waals surface area contributed by atoms with E-state index in [1.165, 1.54) is 12.1 Å². The van der Waals surface area contributed by atoms with Gasteiger partial charge >= 0.3 is 0 Å². The highest BCUT2D eigenvalue weighted by Gasteiger charge is 2.57. The minimum atomic E-state index is -1.34. The van der Waals surface area contributed by atoms with Crippen LogP contribution < -0.4 is 0 Å². The van der Waals surface area contributed by atoms with Crippen LogP contribution in [0.2, 0.25) is 0 Å². The Morgan fingerprint density at radius 3 is 2.54 bits per heavy atom. The molecule has 1 fully saturated rings. The van der Waals surface area contributed by atoms with E-state index in [0.717, 1.165) is 27.7 Å². The zero-order chi connectivity index (χ0) is 27.2. The van der Waals surface area contributed by atoms with Crippen LogP contribution in [0, 0.1) is 5.82 Å². The lowest BCUT2D eigenvalue weighted by Crippen LogP contribution is -2.62. The monoisotopic (exact) mass is 525 g/mol. The van der Waals surface area contributed by atoms with E-state index < -0.39 is 17.2 Å². The molecule has 4 nitrogen and oxygen atoms in total. The summed E-state index contributed by atoms with van der Waals surface area (Å²) in [5, 5.41) is 1.13. The molecular weight excluding hydrogens is 492 g/mol. The zero-order valence-corrected chi connectivity index (χ0v) is 22.3. The number of fused-ring (bicyclic) bond motifs is 4. The van der Waals surface area contributed by atoms with E-state index in [1.807, 2.05) is 84.6 Å². The van der Waals surface area contributed by atoms with Crippen LogP contribution >= 0.6 is 0 Å². The number of halogens is 2. The standard InChI is InChI=1S/C33H33F2N3O/c1-37(2)33(24-11-8-12-25(34)21-24)19-18-32(22-29(33)35)31-27(26-13-6-7-14-28(26)36-31)17-20-38(32)30(39)16-15-23-9-4-3-5-10-23/h3-16,21,29,36H,17-20,22H2,1-2H3. The fourth-order valence-electron chi connectivity index (χ4n) is 7.01. The quantitative estimate of drug-likeness (QED) is 0.306. The maximum atomic E-state index is 16.9. The summed E-state index contributed by atoms with van der Waals surface area (Å²) in [5.74, 6) is -0.502. The molecule has 3 aromatic carbocycles. The van der Waals surface area contributed by atoms with Gasteiger partial charge in [0, 0.05) is 35.6 Å². The smallest absolute Gasteiger partial charge is 0.247 e. The number of hydrogen-bond donors (Lipinski definition) is 1. The molecule has 1 aromatic heterocycles. The second-order valence-electron chi connectivity index (χ2n) is 11.0. The van der Waals surface area contributed by atoms with Gasteiger partial charge in [0.05, 0.1) is 11.1 Å². The molecule has 200 valence electrons. The van der Waals surface area contributed by atoms with E-state index in [-0.39, 0.29) is 18.1 Å². The maximum absolute atomic E-state index is 16.9. The Balaban J connectivity index is 1.45. The molecule has 6 rings (SSSR count). The lowest BCUT2D eigenvalue weighted by Gasteiger charge is -2.56. The van der Waals surface area contributed by atoms with Gasteiger partial charge in [-0.15, -0.1) is 0 Å². The number of hydrogen-bond acceptors (Lipinski definition) is 2. The van der Waals surface area contributed by atoms with Crippen LogP contribution in [-0.2, 0) is 22.3 Å². The molecule has 2 heterocycles. The lowest BCUT2D eigenvalue weighted by molar-refractivity contribution is -0.141. The molecule has 39 heavy (non-hydrogen) atoms. The van der Waals surface area contributed by atoms with Crippen LogP contribution in [0.4, 0.5) is 8.78 Å². The van der Waals surface area contributed by atoms with Gasteiger partial charge in [-0.05, 0) is 74.3 Å². The number of alkyl halides is 1. The van der Waals surface area contributed by atoms with Crippen molar-refractivity contribution in [3.05, 3.63) is 113 Å². The first-order valence-corrected chi connectivity index (χ1v) is 13.6. The number of benzene rings is 3. The van der Waals surface area contributed by atoms with Crippen LogP contribution in [0.15, 0.2) is 84.9 Å². The number of carbonyl (C=O) groups is 1. The first kappa shape index (κ1) is 25.5. The van der Waals surface area contributed by atoms with Crippen molar-refractivity contribution in [2.75, 3.05) is 20.6 Å². The van der Waals surface area contributed by atoms with E-state index in [1.54, 1.807) is 12.1 Å². The normalized spacial score (nSPS) is 25.1. The van der Waals surface area contributed by atoms with E-state index in [4.69, 9.17) is 0 Å². The van der Waals surface area contributed by atoms with Gasteiger partial charge < -0.3 is 9.88 Å². The SMILES string of the molecule is CN(C)C1(c2cccc(F)c2)CCC2(CC1F)c1[nH]c3ccccc3c1CCN2C(=O)C=Cc1ccccc1. The number of H-pyrrole nitrogens is 1. The van der Waals surface area contributed by atoms with E-state index in [9.17, 15) is 9.18 Å². The van der Waals surface area contributed by atoms with Gasteiger partial charge in [-0.3, -0.25) is 9.69 Å². The molecule has 1 N–H and O–H groups in total. The van der Waals surface area contributed by atoms with E-state index in [2.05, 4.69) is 11.1 Å². The number of nitrogens with zero attached hydrogens (tertiary/aromatic N) is 2. The molecule has 0 saturated heterocycles. The highest BCUT2D eigenvalue weighted by atomic mass is 19.1. The van der Waals surface area contributed by atoms with Crippen LogP contribution in [0.1, 0.15) is 41.6 Å². The highest BCUT2D eigenvalue weighted by molar-refractivity contribution is 5.93. The summed E-state index contributed by atoms with van der Waals surface area (Å²) in [6, 6.07) is 24.2. The van der Waals surface area contributed by atoms with Gasteiger partial charge in [-0.2, -0.15) is 0 Å². The van der Waals surface area contributed by atoms with Crippen molar-refractivity contribution < 1.29 is 13.6 Å². The summed E-state index contributed by atoms with van der Waals surface area (Å²) >= 11 is 0. The van der Waals surface area contributed by atoms with Crippen molar-refractivity contribution in [2.24, 2.45) is 0 Å². The first-order valence-electron chi connectivity index (χ1n) is 13.6. The van der Waals surface area contributed by atoms with Crippen molar-refractivity contribution in [3.63, 3.8) is 0 Å². The second kappa shape index (κ2) is 9.76. The Bertz CT molecular complexity index is 1550. The van der Waals surface area contributed by atoms with Crippen molar-refractivity contribution >= 4 is 22.9 Å². The number of rotatable bonds is 4. The maximum Gasteiger partial charge on any atom is 0.247 e. The van der Waals surface area contributed by atoms with Crippen LogP contribution in [0.5, 0.6) is 0 Å². The van der Waals surface area contributed by atoms with Gasteiger partial charge in [0.15, 0.2) is 0 Å². The summed E-state index contributed by atoms with van der Waals surface area (Å²) in [6.45, 7) is 0.508. The van der Waals surface area contributed by atoms with E-state index >= 15 is 4.39 Å². The molecule has 4 aromatic rings. The summed E-state index contributed by atoms with van der Waals surface area (Å²) < 4.78 is 31.2. The fourth-order valence-corrected chi connectivity index (χ4v) is 7.01. The van der Waals surface area contributed by atoms with Gasteiger partial charge in [0.25, 0.3) is 0 Å². The molecule has 3 atom stereocenters. The number of amides is 1. The molecule has 0 radical (unpaired) electrons. The minimum absolute atomic E-state index is 0.117. The van der Waals surface area contributed by atoms with Crippen molar-refractivity contribution in [1.29, 1.82) is 0 Å². The first-order chi connectivity index (χ1) is 18.8. The van der Waals surface area contributed by atoms with Crippen molar-refractivity contribution in [3.8, 4) is 0 Å². The molecule has 3 unspecified atom stereocenters. The van der Waals surface area contributed by atoms with Crippen LogP contribution in [-0.4, -0.2) is 47.5 Å². The van der Waals surface area contributed by atoms with Gasteiger partial charge in [-0.25, -0.2) is 8.78 Å². The zero-order valence-electron chi connectivity index (χ0n) is 22.3. The number of aromatic amines is 1. The number of nitrogens with one attached hydrogen (secondary N) is 1. The molecule has 2 aliphatic rings. The van der Waals surface area contributed by atoms with Crippen molar-refractivity contribution in [2.45, 2.75) is 42.9 Å². The third-order valence-corrected chi connectivity index (χ3v) is 8.94. The Hall–Kier alpha value is -3.77. The Labute approximate surface area is 227 Å². The summed E-state index contributed by atoms with van der Waals surface area (Å²) in [6.07, 6.45) is 3.90. The van der Waals surface area contributed by atoms with E-state index in [0.29, 0.717) is 31.4 Å². The molecule has 1 aliphatic carbocycles. The third-order valence-electron chi connectivity index (χ3n) is 8.94. The molecule has 1 spiro atoms. The van der Waals surface area contributed by atoms with Gasteiger partial charge in [0.1, 0.15) is 12.0 Å². The Morgan fingerprint density at radius 2 is 1.79 bits per heavy atom. The number of para-hydroxylation sites is 1. The summed E-state index contributed by atoms with van der Waals surface area (Å²) in [5.41, 5.74) is 2.84. The average molecular weight is 526 g/mol. The third kappa shape index (κ3) is 4.09. The molecule has 0 bridgehead atoms. The predicted molar refractivity (Wildman–Crippen MR) is 151 cm³/mol. The Kier molecular flexibility index (Phi) is 6.38. The predicted octanol–water partition coefficient (Wildman–Crippen LogP) is 6.58. The van der Waals surface area contributed by atoms with Gasteiger partial charge in [-0.1, -0.05) is 60.7 Å². The topological polar surface area (TPSA) is 39.3 Å². The summed E-state index contributed by atoms with van der Waals surface area (Å²) in [7, 11) is 3.71. The summed E-state index contributed by atoms with van der Waals surface area (Å²) in [4.78, 5) is 21.2. The molecule has 6 heteroatoms. The second-order valence-corrected chi connectivity index (χ2v) is 11.0. The minimum Gasteiger partial charge on any atom is -0.356 e. The van der Waals surface area contributed by atoms with Gasteiger partial charge in [0.2, 0.25) is 5.91 Å². The highest BCUT2D eigenvalue weighted by Crippen LogP contribution is 2.54. The van der Waals surface area contributed by atoms with Crippen LogP contribution in [0.3, 0.4) is 0 Å². The largest absolute Gasteiger partial charge is 0.356 e. The van der Waals surface area contributed by atoms with Crippen molar-refractivity contribution in [1.82, 2.24) is 14.8 Å². The fraction of sp³-hybridized carbons (Fsp3) is 0.303.